The minimum atomic E-state index is -0.378. The third-order valence-corrected chi connectivity index (χ3v) is 3.36. The van der Waals surface area contributed by atoms with Crippen LogP contribution in [0.1, 0.15) is 22.8 Å². The fourth-order valence-corrected chi connectivity index (χ4v) is 2.13. The standard InChI is InChI=1S/C17H16ClNO3/c1-2-22-17(21)12-7-9-14(10-8-12)19-16(20)11-13-5-3-4-6-15(13)18/h3-10H,2,11H2,1H3,(H,19,20). The molecule has 0 aliphatic heterocycles. The van der Waals surface area contributed by atoms with Gasteiger partial charge in [-0.1, -0.05) is 29.8 Å². The van der Waals surface area contributed by atoms with E-state index in [-0.39, 0.29) is 18.3 Å². The van der Waals surface area contributed by atoms with E-state index in [9.17, 15) is 9.59 Å². The van der Waals surface area contributed by atoms with Gasteiger partial charge in [-0.2, -0.15) is 0 Å². The van der Waals surface area contributed by atoms with Gasteiger partial charge in [0, 0.05) is 10.7 Å². The highest BCUT2D eigenvalue weighted by molar-refractivity contribution is 6.31. The van der Waals surface area contributed by atoms with E-state index >= 15 is 0 Å². The summed E-state index contributed by atoms with van der Waals surface area (Å²) in [6.45, 7) is 2.08. The summed E-state index contributed by atoms with van der Waals surface area (Å²) in [5.74, 6) is -0.548. The molecule has 0 aliphatic rings. The molecule has 0 aliphatic carbocycles. The zero-order valence-corrected chi connectivity index (χ0v) is 12.9. The van der Waals surface area contributed by atoms with Crippen LogP contribution in [0.25, 0.3) is 0 Å². The lowest BCUT2D eigenvalue weighted by molar-refractivity contribution is -0.115. The van der Waals surface area contributed by atoms with Gasteiger partial charge in [-0.05, 0) is 42.8 Å². The van der Waals surface area contributed by atoms with Gasteiger partial charge >= 0.3 is 5.97 Å². The number of hydrogen-bond donors (Lipinski definition) is 1. The predicted molar refractivity (Wildman–Crippen MR) is 86.2 cm³/mol. The Kier molecular flexibility index (Phi) is 5.55. The predicted octanol–water partition coefficient (Wildman–Crippen LogP) is 3.70. The van der Waals surface area contributed by atoms with E-state index < -0.39 is 0 Å². The normalized spacial score (nSPS) is 10.1. The van der Waals surface area contributed by atoms with Crippen LogP contribution in [0.2, 0.25) is 5.02 Å². The molecule has 0 unspecified atom stereocenters. The second kappa shape index (κ2) is 7.61. The monoisotopic (exact) mass is 317 g/mol. The number of carbonyl (C=O) groups is 2. The second-order valence-electron chi connectivity index (χ2n) is 4.61. The van der Waals surface area contributed by atoms with Gasteiger partial charge in [0.1, 0.15) is 0 Å². The third kappa shape index (κ3) is 4.33. The Hall–Kier alpha value is -2.33. The molecule has 2 aromatic rings. The zero-order chi connectivity index (χ0) is 15.9. The molecule has 0 saturated heterocycles. The molecule has 0 heterocycles. The first-order valence-corrected chi connectivity index (χ1v) is 7.28. The number of nitrogens with one attached hydrogen (secondary N) is 1. The van der Waals surface area contributed by atoms with E-state index in [1.54, 1.807) is 37.3 Å². The van der Waals surface area contributed by atoms with Gasteiger partial charge in [-0.25, -0.2) is 4.79 Å². The Morgan fingerprint density at radius 1 is 1.09 bits per heavy atom. The SMILES string of the molecule is CCOC(=O)c1ccc(NC(=O)Cc2ccccc2Cl)cc1. The summed E-state index contributed by atoms with van der Waals surface area (Å²) < 4.78 is 4.90. The molecule has 1 amide bonds. The van der Waals surface area contributed by atoms with Crippen LogP contribution in [-0.2, 0) is 16.0 Å². The molecular weight excluding hydrogens is 302 g/mol. The Bertz CT molecular complexity index is 668. The molecule has 2 aromatic carbocycles. The lowest BCUT2D eigenvalue weighted by Gasteiger charge is -2.07. The number of anilines is 1. The quantitative estimate of drug-likeness (QED) is 0.855. The molecule has 2 rings (SSSR count). The van der Waals surface area contributed by atoms with Crippen LogP contribution in [0.3, 0.4) is 0 Å². The van der Waals surface area contributed by atoms with Crippen molar-refractivity contribution in [3.05, 3.63) is 64.7 Å². The summed E-state index contributed by atoms with van der Waals surface area (Å²) >= 11 is 6.03. The molecule has 0 saturated carbocycles. The number of halogens is 1. The topological polar surface area (TPSA) is 55.4 Å². The number of ether oxygens (including phenoxy) is 1. The first-order valence-electron chi connectivity index (χ1n) is 6.90. The molecular formula is C17H16ClNO3. The Morgan fingerprint density at radius 3 is 2.41 bits per heavy atom. The Labute approximate surface area is 134 Å². The first kappa shape index (κ1) is 16.0. The van der Waals surface area contributed by atoms with Crippen molar-refractivity contribution >= 4 is 29.2 Å². The van der Waals surface area contributed by atoms with Gasteiger partial charge in [0.15, 0.2) is 0 Å². The van der Waals surface area contributed by atoms with Crippen LogP contribution in [0, 0.1) is 0 Å². The van der Waals surface area contributed by atoms with Crippen molar-refractivity contribution in [3.63, 3.8) is 0 Å². The second-order valence-corrected chi connectivity index (χ2v) is 5.02. The van der Waals surface area contributed by atoms with Crippen molar-refractivity contribution < 1.29 is 14.3 Å². The van der Waals surface area contributed by atoms with Crippen molar-refractivity contribution in [2.24, 2.45) is 0 Å². The number of carbonyl (C=O) groups excluding carboxylic acids is 2. The molecule has 0 bridgehead atoms. The fraction of sp³-hybridized carbons (Fsp3) is 0.176. The summed E-state index contributed by atoms with van der Waals surface area (Å²) in [5.41, 5.74) is 1.83. The van der Waals surface area contributed by atoms with Crippen LogP contribution < -0.4 is 5.32 Å². The lowest BCUT2D eigenvalue weighted by atomic mass is 10.1. The summed E-state index contributed by atoms with van der Waals surface area (Å²) in [6, 6.07) is 13.8. The van der Waals surface area contributed by atoms with E-state index in [1.165, 1.54) is 0 Å². The van der Waals surface area contributed by atoms with Gasteiger partial charge < -0.3 is 10.1 Å². The highest BCUT2D eigenvalue weighted by Crippen LogP contribution is 2.16. The average molecular weight is 318 g/mol. The molecule has 4 nitrogen and oxygen atoms in total. The molecule has 0 spiro atoms. The van der Waals surface area contributed by atoms with Crippen LogP contribution in [-0.4, -0.2) is 18.5 Å². The highest BCUT2D eigenvalue weighted by atomic mass is 35.5. The summed E-state index contributed by atoms with van der Waals surface area (Å²) in [4.78, 5) is 23.5. The van der Waals surface area contributed by atoms with E-state index in [0.717, 1.165) is 5.56 Å². The Balaban J connectivity index is 1.97. The van der Waals surface area contributed by atoms with Gasteiger partial charge in [0.05, 0.1) is 18.6 Å². The number of hydrogen-bond acceptors (Lipinski definition) is 3. The minimum absolute atomic E-state index is 0.169. The van der Waals surface area contributed by atoms with Crippen LogP contribution in [0.4, 0.5) is 5.69 Å². The summed E-state index contributed by atoms with van der Waals surface area (Å²) in [5, 5.41) is 3.33. The molecule has 1 N–H and O–H groups in total. The van der Waals surface area contributed by atoms with E-state index in [4.69, 9.17) is 16.3 Å². The molecule has 0 fully saturated rings. The smallest absolute Gasteiger partial charge is 0.338 e. The van der Waals surface area contributed by atoms with Crippen molar-refractivity contribution in [1.29, 1.82) is 0 Å². The lowest BCUT2D eigenvalue weighted by Crippen LogP contribution is -2.14. The maximum absolute atomic E-state index is 12.0. The van der Waals surface area contributed by atoms with Gasteiger partial charge in [0.25, 0.3) is 0 Å². The summed E-state index contributed by atoms with van der Waals surface area (Å²) in [6.07, 6.45) is 0.194. The molecule has 22 heavy (non-hydrogen) atoms. The van der Waals surface area contributed by atoms with E-state index in [1.807, 2.05) is 18.2 Å². The van der Waals surface area contributed by atoms with Crippen molar-refractivity contribution in [1.82, 2.24) is 0 Å². The van der Waals surface area contributed by atoms with Crippen molar-refractivity contribution in [2.45, 2.75) is 13.3 Å². The largest absolute Gasteiger partial charge is 0.462 e. The zero-order valence-electron chi connectivity index (χ0n) is 12.1. The van der Waals surface area contributed by atoms with Crippen LogP contribution >= 0.6 is 11.6 Å². The average Bonchev–Trinajstić information content (AvgIpc) is 2.50. The maximum atomic E-state index is 12.0. The van der Waals surface area contributed by atoms with Crippen LogP contribution in [0.15, 0.2) is 48.5 Å². The van der Waals surface area contributed by atoms with Gasteiger partial charge in [-0.3, -0.25) is 4.79 Å². The highest BCUT2D eigenvalue weighted by Gasteiger charge is 2.09. The molecule has 5 heteroatoms. The molecule has 114 valence electrons. The molecule has 0 atom stereocenters. The number of esters is 1. The fourth-order valence-electron chi connectivity index (χ4n) is 1.92. The Morgan fingerprint density at radius 2 is 1.77 bits per heavy atom. The van der Waals surface area contributed by atoms with Crippen LogP contribution in [0.5, 0.6) is 0 Å². The van der Waals surface area contributed by atoms with Crippen molar-refractivity contribution in [2.75, 3.05) is 11.9 Å². The van der Waals surface area contributed by atoms with Crippen molar-refractivity contribution in [3.8, 4) is 0 Å². The third-order valence-electron chi connectivity index (χ3n) is 2.99. The summed E-state index contributed by atoms with van der Waals surface area (Å²) in [7, 11) is 0. The number of rotatable bonds is 5. The first-order chi connectivity index (χ1) is 10.6. The van der Waals surface area contributed by atoms with E-state index in [2.05, 4.69) is 5.32 Å². The number of amides is 1. The molecule has 0 aromatic heterocycles. The maximum Gasteiger partial charge on any atom is 0.338 e. The number of benzene rings is 2. The van der Waals surface area contributed by atoms with E-state index in [0.29, 0.717) is 22.9 Å². The minimum Gasteiger partial charge on any atom is -0.462 e. The van der Waals surface area contributed by atoms with Gasteiger partial charge in [0.2, 0.25) is 5.91 Å². The molecule has 0 radical (unpaired) electrons. The van der Waals surface area contributed by atoms with Gasteiger partial charge in [-0.15, -0.1) is 0 Å².